The van der Waals surface area contributed by atoms with Gasteiger partial charge in [0.15, 0.2) is 0 Å². The fourth-order valence-electron chi connectivity index (χ4n) is 2.67. The van der Waals surface area contributed by atoms with E-state index in [1.54, 1.807) is 30.3 Å². The van der Waals surface area contributed by atoms with Crippen LogP contribution in [0.2, 0.25) is 0 Å². The number of esters is 1. The maximum absolute atomic E-state index is 12.4. The molecule has 158 valence electrons. The lowest BCUT2D eigenvalue weighted by Gasteiger charge is -2.08. The third kappa shape index (κ3) is 6.28. The number of rotatable bonds is 7. The van der Waals surface area contributed by atoms with Crippen LogP contribution in [0.15, 0.2) is 84.3 Å². The third-order valence-electron chi connectivity index (χ3n) is 4.19. The van der Waals surface area contributed by atoms with Crippen LogP contribution >= 0.6 is 0 Å². The third-order valence-corrected chi connectivity index (χ3v) is 5.20. The van der Waals surface area contributed by atoms with Gasteiger partial charge in [-0.05, 0) is 54.1 Å². The molecular weight excluding hydrogens is 416 g/mol. The molecule has 0 heterocycles. The van der Waals surface area contributed by atoms with Gasteiger partial charge in [0.2, 0.25) is 0 Å². The van der Waals surface area contributed by atoms with Crippen LogP contribution in [0.1, 0.15) is 26.3 Å². The Labute approximate surface area is 180 Å². The van der Waals surface area contributed by atoms with Crippen molar-refractivity contribution in [2.24, 2.45) is 0 Å². The zero-order valence-corrected chi connectivity index (χ0v) is 17.4. The fraction of sp³-hybridized carbons (Fsp3) is 0.0435. The molecule has 0 aliphatic carbocycles. The summed E-state index contributed by atoms with van der Waals surface area (Å²) in [7, 11) is -2.43. The average molecular weight is 436 g/mol. The monoisotopic (exact) mass is 436 g/mol. The smallest absolute Gasteiger partial charge is 0.337 e. The van der Waals surface area contributed by atoms with Gasteiger partial charge in [0.05, 0.1) is 18.1 Å². The van der Waals surface area contributed by atoms with Gasteiger partial charge in [-0.2, -0.15) is 0 Å². The van der Waals surface area contributed by atoms with Crippen molar-refractivity contribution in [3.05, 3.63) is 101 Å². The number of methoxy groups -OCH3 is 1. The molecule has 0 fully saturated rings. The van der Waals surface area contributed by atoms with Crippen LogP contribution in [-0.4, -0.2) is 27.4 Å². The van der Waals surface area contributed by atoms with Crippen LogP contribution in [0, 0.1) is 0 Å². The number of amides is 1. The maximum atomic E-state index is 12.4. The first kappa shape index (κ1) is 21.8. The molecule has 0 radical (unpaired) electrons. The lowest BCUT2D eigenvalue weighted by atomic mass is 10.1. The SMILES string of the molecule is COC(=O)c1cccc(NC(=O)c2ccc(NS(=O)(=O)/C=C/c3ccccc3)cc2)c1. The van der Waals surface area contributed by atoms with Crippen LogP contribution < -0.4 is 10.0 Å². The molecular formula is C23H20N2O5S. The van der Waals surface area contributed by atoms with Crippen molar-refractivity contribution in [1.29, 1.82) is 0 Å². The number of carbonyl (C=O) groups excluding carboxylic acids is 2. The van der Waals surface area contributed by atoms with Gasteiger partial charge in [-0.15, -0.1) is 0 Å². The first-order valence-corrected chi connectivity index (χ1v) is 10.8. The minimum Gasteiger partial charge on any atom is -0.465 e. The van der Waals surface area contributed by atoms with Crippen molar-refractivity contribution in [3.8, 4) is 0 Å². The van der Waals surface area contributed by atoms with Crippen LogP contribution in [0.4, 0.5) is 11.4 Å². The Morgan fingerprint density at radius 1 is 0.839 bits per heavy atom. The number of anilines is 2. The van der Waals surface area contributed by atoms with Crippen molar-refractivity contribution in [2.75, 3.05) is 17.1 Å². The van der Waals surface area contributed by atoms with Crippen LogP contribution in [0.25, 0.3) is 6.08 Å². The first-order chi connectivity index (χ1) is 14.9. The highest BCUT2D eigenvalue weighted by Crippen LogP contribution is 2.16. The second-order valence-corrected chi connectivity index (χ2v) is 8.03. The topological polar surface area (TPSA) is 102 Å². The number of sulfonamides is 1. The second kappa shape index (κ2) is 9.73. The normalized spacial score (nSPS) is 11.1. The fourth-order valence-corrected chi connectivity index (χ4v) is 3.53. The van der Waals surface area contributed by atoms with Crippen molar-refractivity contribution in [1.82, 2.24) is 0 Å². The van der Waals surface area contributed by atoms with E-state index in [2.05, 4.69) is 14.8 Å². The van der Waals surface area contributed by atoms with Gasteiger partial charge >= 0.3 is 5.97 Å². The molecule has 7 nitrogen and oxygen atoms in total. The number of benzene rings is 3. The Morgan fingerprint density at radius 2 is 1.55 bits per heavy atom. The van der Waals surface area contributed by atoms with Crippen LogP contribution in [-0.2, 0) is 14.8 Å². The van der Waals surface area contributed by atoms with Crippen molar-refractivity contribution in [3.63, 3.8) is 0 Å². The average Bonchev–Trinajstić information content (AvgIpc) is 2.78. The van der Waals surface area contributed by atoms with E-state index in [1.807, 2.05) is 18.2 Å². The molecule has 0 aliphatic heterocycles. The molecule has 0 atom stereocenters. The van der Waals surface area contributed by atoms with E-state index in [-0.39, 0.29) is 0 Å². The summed E-state index contributed by atoms with van der Waals surface area (Å²) in [5, 5.41) is 3.77. The molecule has 0 spiro atoms. The van der Waals surface area contributed by atoms with E-state index in [4.69, 9.17) is 0 Å². The summed E-state index contributed by atoms with van der Waals surface area (Å²) in [5.41, 5.74) is 2.15. The van der Waals surface area contributed by atoms with Gasteiger partial charge in [-0.1, -0.05) is 36.4 Å². The van der Waals surface area contributed by atoms with E-state index in [9.17, 15) is 18.0 Å². The Kier molecular flexibility index (Phi) is 6.84. The highest BCUT2D eigenvalue weighted by Gasteiger charge is 2.11. The summed E-state index contributed by atoms with van der Waals surface area (Å²) in [6.07, 6.45) is 1.49. The minimum atomic E-state index is -3.70. The lowest BCUT2D eigenvalue weighted by Crippen LogP contribution is -2.13. The van der Waals surface area contributed by atoms with Crippen LogP contribution in [0.5, 0.6) is 0 Å². The molecule has 2 N–H and O–H groups in total. The van der Waals surface area contributed by atoms with Gasteiger partial charge < -0.3 is 10.1 Å². The standard InChI is InChI=1S/C23H20N2O5S/c1-30-23(27)19-8-5-9-21(16-19)24-22(26)18-10-12-20(13-11-18)25-31(28,29)15-14-17-6-3-2-4-7-17/h2-16,25H,1H3,(H,24,26)/b15-14+. The Bertz CT molecular complexity index is 1200. The molecule has 3 rings (SSSR count). The predicted octanol–water partition coefficient (Wildman–Crippen LogP) is 4.14. The molecule has 1 amide bonds. The molecule has 0 bridgehead atoms. The molecule has 0 aliphatic rings. The molecule has 0 saturated heterocycles. The summed E-state index contributed by atoms with van der Waals surface area (Å²) >= 11 is 0. The summed E-state index contributed by atoms with van der Waals surface area (Å²) in [4.78, 5) is 24.0. The Morgan fingerprint density at radius 3 is 2.23 bits per heavy atom. The molecule has 3 aromatic carbocycles. The molecule has 8 heteroatoms. The van der Waals surface area contributed by atoms with E-state index in [0.717, 1.165) is 11.0 Å². The molecule has 0 unspecified atom stereocenters. The summed E-state index contributed by atoms with van der Waals surface area (Å²) in [6.45, 7) is 0. The summed E-state index contributed by atoms with van der Waals surface area (Å²) in [6, 6.07) is 21.4. The highest BCUT2D eigenvalue weighted by atomic mass is 32.2. The van der Waals surface area contributed by atoms with Crippen LogP contribution in [0.3, 0.4) is 0 Å². The summed E-state index contributed by atoms with van der Waals surface area (Å²) in [5.74, 6) is -0.908. The summed E-state index contributed by atoms with van der Waals surface area (Å²) < 4.78 is 31.6. The van der Waals surface area contributed by atoms with Crippen molar-refractivity contribution < 1.29 is 22.7 Å². The largest absolute Gasteiger partial charge is 0.465 e. The van der Waals surface area contributed by atoms with Gasteiger partial charge in [0.25, 0.3) is 15.9 Å². The number of ether oxygens (including phenoxy) is 1. The second-order valence-electron chi connectivity index (χ2n) is 6.46. The highest BCUT2D eigenvalue weighted by molar-refractivity contribution is 7.95. The zero-order valence-electron chi connectivity index (χ0n) is 16.6. The van der Waals surface area contributed by atoms with E-state index in [1.165, 1.54) is 43.5 Å². The van der Waals surface area contributed by atoms with Crippen molar-refractivity contribution in [2.45, 2.75) is 0 Å². The Balaban J connectivity index is 1.65. The number of nitrogens with one attached hydrogen (secondary N) is 2. The van der Waals surface area contributed by atoms with Gasteiger partial charge in [-0.25, -0.2) is 13.2 Å². The first-order valence-electron chi connectivity index (χ1n) is 9.22. The lowest BCUT2D eigenvalue weighted by molar-refractivity contribution is 0.0600. The minimum absolute atomic E-state index is 0.314. The van der Waals surface area contributed by atoms with Gasteiger partial charge in [0.1, 0.15) is 0 Å². The van der Waals surface area contributed by atoms with Crippen molar-refractivity contribution >= 4 is 39.4 Å². The zero-order chi connectivity index (χ0) is 22.3. The van der Waals surface area contributed by atoms with E-state index < -0.39 is 21.9 Å². The van der Waals surface area contributed by atoms with E-state index >= 15 is 0 Å². The number of hydrogen-bond donors (Lipinski definition) is 2. The Hall–Kier alpha value is -3.91. The molecule has 3 aromatic rings. The number of carbonyl (C=O) groups is 2. The number of hydrogen-bond acceptors (Lipinski definition) is 5. The van der Waals surface area contributed by atoms with Gasteiger partial charge in [0, 0.05) is 16.9 Å². The molecule has 0 aromatic heterocycles. The maximum Gasteiger partial charge on any atom is 0.337 e. The predicted molar refractivity (Wildman–Crippen MR) is 120 cm³/mol. The molecule has 0 saturated carbocycles. The van der Waals surface area contributed by atoms with E-state index in [0.29, 0.717) is 22.5 Å². The molecule has 31 heavy (non-hydrogen) atoms. The van der Waals surface area contributed by atoms with Gasteiger partial charge in [-0.3, -0.25) is 9.52 Å². The quantitative estimate of drug-likeness (QED) is 0.542.